The van der Waals surface area contributed by atoms with Gasteiger partial charge in [-0.2, -0.15) is 0 Å². The van der Waals surface area contributed by atoms with Crippen LogP contribution < -0.4 is 5.73 Å². The Bertz CT molecular complexity index is 494. The highest BCUT2D eigenvalue weighted by Gasteiger charge is 2.35. The predicted molar refractivity (Wildman–Crippen MR) is 75.1 cm³/mol. The van der Waals surface area contributed by atoms with Crippen LogP contribution in [0.1, 0.15) is 36.4 Å². The zero-order chi connectivity index (χ0) is 14.7. The first kappa shape index (κ1) is 14.5. The van der Waals surface area contributed by atoms with Gasteiger partial charge in [0.15, 0.2) is 0 Å². The molecule has 5 heteroatoms. The number of nitrogens with two attached hydrogens (primary N) is 1. The maximum absolute atomic E-state index is 12.4. The summed E-state index contributed by atoms with van der Waals surface area (Å²) in [6.07, 6.45) is 1.83. The number of carboxylic acid groups (broad SMARTS) is 1. The number of nitrogens with zero attached hydrogens (tertiary/aromatic N) is 1. The number of hydrogen-bond acceptors (Lipinski definition) is 3. The molecule has 1 atom stereocenters. The third-order valence-electron chi connectivity index (χ3n) is 3.54. The molecule has 5 nitrogen and oxygen atoms in total. The summed E-state index contributed by atoms with van der Waals surface area (Å²) >= 11 is 0. The van der Waals surface area contributed by atoms with Crippen molar-refractivity contribution < 1.29 is 14.7 Å². The summed E-state index contributed by atoms with van der Waals surface area (Å²) in [6, 6.07) is 6.98. The first-order chi connectivity index (χ1) is 9.49. The Morgan fingerprint density at radius 3 is 2.45 bits per heavy atom. The van der Waals surface area contributed by atoms with Crippen LogP contribution in [-0.4, -0.2) is 34.5 Å². The van der Waals surface area contributed by atoms with E-state index in [-0.39, 0.29) is 24.9 Å². The van der Waals surface area contributed by atoms with Crippen molar-refractivity contribution in [2.75, 3.05) is 6.54 Å². The monoisotopic (exact) mass is 276 g/mol. The average molecular weight is 276 g/mol. The van der Waals surface area contributed by atoms with E-state index >= 15 is 0 Å². The van der Waals surface area contributed by atoms with E-state index < -0.39 is 12.0 Å². The van der Waals surface area contributed by atoms with Crippen LogP contribution in [0.15, 0.2) is 24.3 Å². The van der Waals surface area contributed by atoms with Gasteiger partial charge in [-0.1, -0.05) is 29.8 Å². The number of benzene rings is 1. The zero-order valence-electron chi connectivity index (χ0n) is 11.6. The van der Waals surface area contributed by atoms with Crippen molar-refractivity contribution in [1.29, 1.82) is 0 Å². The fraction of sp³-hybridized carbons (Fsp3) is 0.467. The molecular formula is C15H20N2O3. The minimum absolute atomic E-state index is 0.0388. The number of carbonyl (C=O) groups is 2. The molecule has 1 aromatic rings. The Morgan fingerprint density at radius 2 is 1.95 bits per heavy atom. The predicted octanol–water partition coefficient (Wildman–Crippen LogP) is 1.46. The van der Waals surface area contributed by atoms with Gasteiger partial charge >= 0.3 is 5.97 Å². The number of carboxylic acids is 1. The lowest BCUT2D eigenvalue weighted by Crippen LogP contribution is -2.41. The van der Waals surface area contributed by atoms with Gasteiger partial charge in [-0.05, 0) is 25.3 Å². The second kappa shape index (κ2) is 6.05. The Labute approximate surface area is 118 Å². The van der Waals surface area contributed by atoms with Crippen LogP contribution in [0.5, 0.6) is 0 Å². The first-order valence-corrected chi connectivity index (χ1v) is 6.83. The van der Waals surface area contributed by atoms with Gasteiger partial charge in [0.2, 0.25) is 5.91 Å². The average Bonchev–Trinajstić information content (AvgIpc) is 3.23. The van der Waals surface area contributed by atoms with Crippen molar-refractivity contribution in [2.24, 2.45) is 5.73 Å². The minimum atomic E-state index is -0.896. The van der Waals surface area contributed by atoms with E-state index in [4.69, 9.17) is 10.8 Å². The van der Waals surface area contributed by atoms with Crippen molar-refractivity contribution >= 4 is 11.9 Å². The normalized spacial score (nSPS) is 15.7. The smallest absolute Gasteiger partial charge is 0.305 e. The summed E-state index contributed by atoms with van der Waals surface area (Å²) in [5.41, 5.74) is 7.90. The molecule has 0 aliphatic heterocycles. The summed E-state index contributed by atoms with van der Waals surface area (Å²) in [4.78, 5) is 24.7. The van der Waals surface area contributed by atoms with Crippen molar-refractivity contribution in [3.63, 3.8) is 0 Å². The van der Waals surface area contributed by atoms with Crippen LogP contribution in [0, 0.1) is 6.92 Å². The van der Waals surface area contributed by atoms with Gasteiger partial charge in [0, 0.05) is 12.6 Å². The van der Waals surface area contributed by atoms with Gasteiger partial charge in [0.1, 0.15) is 6.04 Å². The molecule has 0 aromatic heterocycles. The number of amides is 1. The van der Waals surface area contributed by atoms with E-state index in [1.807, 2.05) is 31.2 Å². The van der Waals surface area contributed by atoms with Crippen LogP contribution in [-0.2, 0) is 9.59 Å². The largest absolute Gasteiger partial charge is 0.481 e. The molecule has 20 heavy (non-hydrogen) atoms. The maximum atomic E-state index is 12.4. The van der Waals surface area contributed by atoms with E-state index in [9.17, 15) is 9.59 Å². The van der Waals surface area contributed by atoms with E-state index in [1.165, 1.54) is 0 Å². The van der Waals surface area contributed by atoms with Gasteiger partial charge in [-0.3, -0.25) is 9.59 Å². The number of hydrogen-bond donors (Lipinski definition) is 2. The van der Waals surface area contributed by atoms with Crippen molar-refractivity contribution in [3.05, 3.63) is 35.4 Å². The van der Waals surface area contributed by atoms with E-state index in [0.29, 0.717) is 0 Å². The molecule has 1 aliphatic carbocycles. The summed E-state index contributed by atoms with van der Waals surface area (Å²) in [7, 11) is 0. The number of carbonyl (C=O) groups excluding carboxylic acids is 1. The lowest BCUT2D eigenvalue weighted by molar-refractivity contribution is -0.139. The number of rotatable bonds is 6. The van der Waals surface area contributed by atoms with Gasteiger partial charge in [-0.25, -0.2) is 0 Å². The molecule has 1 fully saturated rings. The van der Waals surface area contributed by atoms with Crippen LogP contribution in [0.4, 0.5) is 0 Å². The maximum Gasteiger partial charge on any atom is 0.305 e. The molecular weight excluding hydrogens is 256 g/mol. The SMILES string of the molecule is Cc1ccc(C(N)C(=O)N(CCC(=O)O)C2CC2)cc1. The van der Waals surface area contributed by atoms with Crippen molar-refractivity contribution in [3.8, 4) is 0 Å². The third-order valence-corrected chi connectivity index (χ3v) is 3.54. The summed E-state index contributed by atoms with van der Waals surface area (Å²) in [5.74, 6) is -1.08. The Morgan fingerprint density at radius 1 is 1.35 bits per heavy atom. The zero-order valence-corrected chi connectivity index (χ0v) is 11.6. The molecule has 2 rings (SSSR count). The fourth-order valence-electron chi connectivity index (χ4n) is 2.17. The van der Waals surface area contributed by atoms with Crippen LogP contribution >= 0.6 is 0 Å². The number of aryl methyl sites for hydroxylation is 1. The summed E-state index contributed by atoms with van der Waals surface area (Å²) < 4.78 is 0. The van der Waals surface area contributed by atoms with Crippen molar-refractivity contribution in [1.82, 2.24) is 4.90 Å². The standard InChI is InChI=1S/C15H20N2O3/c1-10-2-4-11(5-3-10)14(16)15(20)17(12-6-7-12)9-8-13(18)19/h2-5,12,14H,6-9,16H2,1H3,(H,18,19). The molecule has 0 saturated heterocycles. The van der Waals surface area contributed by atoms with Gasteiger partial charge < -0.3 is 15.7 Å². The third kappa shape index (κ3) is 3.57. The lowest BCUT2D eigenvalue weighted by atomic mass is 10.0. The second-order valence-electron chi connectivity index (χ2n) is 5.29. The first-order valence-electron chi connectivity index (χ1n) is 6.83. The molecule has 1 unspecified atom stereocenters. The number of aliphatic carboxylic acids is 1. The molecule has 0 bridgehead atoms. The molecule has 3 N–H and O–H groups in total. The Kier molecular flexibility index (Phi) is 4.39. The molecule has 1 aliphatic rings. The van der Waals surface area contributed by atoms with Crippen LogP contribution in [0.2, 0.25) is 0 Å². The molecule has 1 amide bonds. The summed E-state index contributed by atoms with van der Waals surface area (Å²) in [5, 5.41) is 8.76. The highest BCUT2D eigenvalue weighted by molar-refractivity contribution is 5.84. The van der Waals surface area contributed by atoms with E-state index in [0.717, 1.165) is 24.0 Å². The van der Waals surface area contributed by atoms with Crippen molar-refractivity contribution in [2.45, 2.75) is 38.3 Å². The minimum Gasteiger partial charge on any atom is -0.481 e. The second-order valence-corrected chi connectivity index (χ2v) is 5.29. The Balaban J connectivity index is 2.06. The highest BCUT2D eigenvalue weighted by atomic mass is 16.4. The molecule has 108 valence electrons. The highest BCUT2D eigenvalue weighted by Crippen LogP contribution is 2.29. The lowest BCUT2D eigenvalue weighted by Gasteiger charge is -2.25. The van der Waals surface area contributed by atoms with Gasteiger partial charge in [-0.15, -0.1) is 0 Å². The molecule has 0 radical (unpaired) electrons. The molecule has 0 heterocycles. The van der Waals surface area contributed by atoms with E-state index in [1.54, 1.807) is 4.90 Å². The van der Waals surface area contributed by atoms with Gasteiger partial charge in [0.25, 0.3) is 0 Å². The molecule has 0 spiro atoms. The quantitative estimate of drug-likeness (QED) is 0.824. The van der Waals surface area contributed by atoms with Gasteiger partial charge in [0.05, 0.1) is 6.42 Å². The van der Waals surface area contributed by atoms with E-state index in [2.05, 4.69) is 0 Å². The van der Waals surface area contributed by atoms with Crippen LogP contribution in [0.25, 0.3) is 0 Å². The fourth-order valence-corrected chi connectivity index (χ4v) is 2.17. The topological polar surface area (TPSA) is 83.6 Å². The van der Waals surface area contributed by atoms with Crippen LogP contribution in [0.3, 0.4) is 0 Å². The molecule has 1 saturated carbocycles. The molecule has 1 aromatic carbocycles. The Hall–Kier alpha value is -1.88. The summed E-state index contributed by atoms with van der Waals surface area (Å²) in [6.45, 7) is 2.21.